The molecule has 1 unspecified atom stereocenters. The molecule has 0 saturated carbocycles. The van der Waals surface area contributed by atoms with E-state index in [1.165, 1.54) is 0 Å². The number of hydrogen-bond donors (Lipinski definition) is 0. The fourth-order valence-electron chi connectivity index (χ4n) is 3.55. The van der Waals surface area contributed by atoms with E-state index < -0.39 is 5.60 Å². The molecule has 0 spiro atoms. The van der Waals surface area contributed by atoms with Crippen LogP contribution in [0.1, 0.15) is 50.4 Å². The van der Waals surface area contributed by atoms with Gasteiger partial charge in [-0.25, -0.2) is 4.79 Å². The average molecular weight is 390 g/mol. The minimum atomic E-state index is -0.536. The zero-order chi connectivity index (χ0) is 20.3. The molecule has 3 rings (SSSR count). The van der Waals surface area contributed by atoms with Gasteiger partial charge in [0.15, 0.2) is 11.5 Å². The quantitative estimate of drug-likeness (QED) is 0.792. The summed E-state index contributed by atoms with van der Waals surface area (Å²) in [6, 6.07) is 5.19. The maximum absolute atomic E-state index is 12.9. The Morgan fingerprint density at radius 2 is 1.89 bits per heavy atom. The zero-order valence-electron chi connectivity index (χ0n) is 17.2. The summed E-state index contributed by atoms with van der Waals surface area (Å²) in [5, 5.41) is 0. The lowest BCUT2D eigenvalue weighted by atomic mass is 10.0. The van der Waals surface area contributed by atoms with E-state index >= 15 is 0 Å². The van der Waals surface area contributed by atoms with Crippen LogP contribution in [0.25, 0.3) is 0 Å². The van der Waals surface area contributed by atoms with Crippen LogP contribution in [0.15, 0.2) is 18.2 Å². The van der Waals surface area contributed by atoms with Crippen LogP contribution in [0, 0.1) is 0 Å². The first-order valence-electron chi connectivity index (χ1n) is 9.89. The van der Waals surface area contributed by atoms with E-state index in [0.29, 0.717) is 43.4 Å². The smallest absolute Gasteiger partial charge is 0.410 e. The minimum Gasteiger partial charge on any atom is -0.486 e. The van der Waals surface area contributed by atoms with Gasteiger partial charge < -0.3 is 24.0 Å². The molecule has 2 amide bonds. The molecule has 1 aromatic carbocycles. The Labute approximate surface area is 166 Å². The molecule has 7 nitrogen and oxygen atoms in total. The van der Waals surface area contributed by atoms with Crippen LogP contribution in [0.3, 0.4) is 0 Å². The summed E-state index contributed by atoms with van der Waals surface area (Å²) < 4.78 is 16.6. The number of likely N-dealkylation sites (tertiary alicyclic amines) is 1. The summed E-state index contributed by atoms with van der Waals surface area (Å²) in [5.74, 6) is 1.15. The second kappa shape index (κ2) is 8.29. The van der Waals surface area contributed by atoms with Crippen molar-refractivity contribution < 1.29 is 23.8 Å². The van der Waals surface area contributed by atoms with Gasteiger partial charge in [0.1, 0.15) is 18.8 Å². The molecule has 1 saturated heterocycles. The number of carbonyl (C=O) groups is 2. The molecule has 28 heavy (non-hydrogen) atoms. The molecule has 1 fully saturated rings. The number of hydrogen-bond acceptors (Lipinski definition) is 5. The van der Waals surface area contributed by atoms with Gasteiger partial charge in [-0.1, -0.05) is 0 Å². The Balaban J connectivity index is 1.67. The van der Waals surface area contributed by atoms with Crippen molar-refractivity contribution in [3.05, 3.63) is 23.8 Å². The van der Waals surface area contributed by atoms with Gasteiger partial charge >= 0.3 is 6.09 Å². The van der Waals surface area contributed by atoms with Gasteiger partial charge in [-0.05, 0) is 58.2 Å². The first kappa shape index (κ1) is 20.3. The van der Waals surface area contributed by atoms with Crippen LogP contribution in [0.4, 0.5) is 4.79 Å². The normalized spacial score (nSPS) is 19.1. The van der Waals surface area contributed by atoms with E-state index in [1.807, 2.05) is 20.8 Å². The highest BCUT2D eigenvalue weighted by atomic mass is 16.6. The molecule has 1 aromatic rings. The van der Waals surface area contributed by atoms with Crippen molar-refractivity contribution in [2.24, 2.45) is 0 Å². The maximum atomic E-state index is 12.9. The second-order valence-electron chi connectivity index (χ2n) is 8.37. The van der Waals surface area contributed by atoms with Gasteiger partial charge in [0.25, 0.3) is 5.91 Å². The molecule has 7 heteroatoms. The molecule has 1 atom stereocenters. The second-order valence-corrected chi connectivity index (χ2v) is 8.37. The molecular weight excluding hydrogens is 360 g/mol. The predicted octanol–water partition coefficient (Wildman–Crippen LogP) is 3.32. The van der Waals surface area contributed by atoms with Gasteiger partial charge in [0, 0.05) is 25.7 Å². The molecule has 0 radical (unpaired) electrons. The number of rotatable bonds is 3. The number of ether oxygens (including phenoxy) is 3. The average Bonchev–Trinajstić information content (AvgIpc) is 2.66. The number of nitrogens with zero attached hydrogens (tertiary/aromatic N) is 2. The molecular formula is C21H30N2O5. The number of benzene rings is 1. The third-order valence-corrected chi connectivity index (χ3v) is 4.88. The van der Waals surface area contributed by atoms with Crippen LogP contribution >= 0.6 is 0 Å². The lowest BCUT2D eigenvalue weighted by molar-refractivity contribution is 0.00604. The van der Waals surface area contributed by atoms with Crippen molar-refractivity contribution >= 4 is 12.0 Å². The minimum absolute atomic E-state index is 0.0465. The lowest BCUT2D eigenvalue weighted by Crippen LogP contribution is -2.51. The summed E-state index contributed by atoms with van der Waals surface area (Å²) in [7, 11) is 1.76. The number of piperidine rings is 1. The van der Waals surface area contributed by atoms with E-state index in [9.17, 15) is 9.59 Å². The van der Waals surface area contributed by atoms with E-state index in [4.69, 9.17) is 14.2 Å². The van der Waals surface area contributed by atoms with Gasteiger partial charge in [0.05, 0.1) is 6.04 Å². The number of amides is 2. The van der Waals surface area contributed by atoms with Crippen LogP contribution in [-0.4, -0.2) is 66.8 Å². The summed E-state index contributed by atoms with van der Waals surface area (Å²) in [6.07, 6.45) is 2.54. The number of likely N-dealkylation sites (N-methyl/N-ethyl adjacent to an activating group) is 1. The van der Waals surface area contributed by atoms with Crippen LogP contribution in [0.5, 0.6) is 11.5 Å². The van der Waals surface area contributed by atoms with Crippen LogP contribution < -0.4 is 9.47 Å². The van der Waals surface area contributed by atoms with Crippen molar-refractivity contribution in [1.82, 2.24) is 9.80 Å². The monoisotopic (exact) mass is 390 g/mol. The predicted molar refractivity (Wildman–Crippen MR) is 105 cm³/mol. The van der Waals surface area contributed by atoms with E-state index in [1.54, 1.807) is 35.0 Å². The van der Waals surface area contributed by atoms with Crippen LogP contribution in [-0.2, 0) is 4.74 Å². The van der Waals surface area contributed by atoms with Crippen molar-refractivity contribution in [3.63, 3.8) is 0 Å². The Hall–Kier alpha value is -2.44. The molecule has 154 valence electrons. The largest absolute Gasteiger partial charge is 0.486 e. The highest BCUT2D eigenvalue weighted by Crippen LogP contribution is 2.31. The SMILES string of the molecule is CN(CC1CCCCN1C(=O)OC(C)(C)C)C(=O)c1ccc2c(c1)OCCO2. The molecule has 2 aliphatic rings. The van der Waals surface area contributed by atoms with Gasteiger partial charge in [0.2, 0.25) is 0 Å². The number of fused-ring (bicyclic) bond motifs is 1. The molecule has 0 bridgehead atoms. The van der Waals surface area contributed by atoms with Gasteiger partial charge in [-0.15, -0.1) is 0 Å². The molecule has 2 heterocycles. The highest BCUT2D eigenvalue weighted by molar-refractivity contribution is 5.94. The maximum Gasteiger partial charge on any atom is 0.410 e. The molecule has 2 aliphatic heterocycles. The topological polar surface area (TPSA) is 68.3 Å². The summed E-state index contributed by atoms with van der Waals surface area (Å²) in [4.78, 5) is 28.9. The van der Waals surface area contributed by atoms with Crippen molar-refractivity contribution in [3.8, 4) is 11.5 Å². The number of carbonyl (C=O) groups excluding carboxylic acids is 2. The Kier molecular flexibility index (Phi) is 6.01. The molecule has 0 aromatic heterocycles. The first-order valence-corrected chi connectivity index (χ1v) is 9.89. The van der Waals surface area contributed by atoms with Gasteiger partial charge in [-0.2, -0.15) is 0 Å². The fourth-order valence-corrected chi connectivity index (χ4v) is 3.55. The standard InChI is InChI=1S/C21H30N2O5/c1-21(2,3)28-20(25)23-10-6-5-7-16(23)14-22(4)19(24)15-8-9-17-18(13-15)27-12-11-26-17/h8-9,13,16H,5-7,10-12,14H2,1-4H3. The molecule has 0 aliphatic carbocycles. The third kappa shape index (κ3) is 4.88. The summed E-state index contributed by atoms with van der Waals surface area (Å²) >= 11 is 0. The lowest BCUT2D eigenvalue weighted by Gasteiger charge is -2.38. The summed E-state index contributed by atoms with van der Waals surface area (Å²) in [5.41, 5.74) is 0.0119. The Morgan fingerprint density at radius 3 is 2.61 bits per heavy atom. The highest BCUT2D eigenvalue weighted by Gasteiger charge is 2.32. The van der Waals surface area contributed by atoms with E-state index in [0.717, 1.165) is 19.3 Å². The summed E-state index contributed by atoms with van der Waals surface area (Å²) in [6.45, 7) is 7.71. The van der Waals surface area contributed by atoms with Crippen molar-refractivity contribution in [1.29, 1.82) is 0 Å². The van der Waals surface area contributed by atoms with E-state index in [-0.39, 0.29) is 18.0 Å². The third-order valence-electron chi connectivity index (χ3n) is 4.88. The van der Waals surface area contributed by atoms with Gasteiger partial charge in [-0.3, -0.25) is 4.79 Å². The Morgan fingerprint density at radius 1 is 1.18 bits per heavy atom. The first-order chi connectivity index (χ1) is 13.2. The van der Waals surface area contributed by atoms with Crippen LogP contribution in [0.2, 0.25) is 0 Å². The fraction of sp³-hybridized carbons (Fsp3) is 0.619. The van der Waals surface area contributed by atoms with E-state index in [2.05, 4.69) is 0 Å². The zero-order valence-corrected chi connectivity index (χ0v) is 17.2. The van der Waals surface area contributed by atoms with Crippen molar-refractivity contribution in [2.45, 2.75) is 51.7 Å². The van der Waals surface area contributed by atoms with Crippen molar-refractivity contribution in [2.75, 3.05) is 33.4 Å². The molecule has 0 N–H and O–H groups in total. The Bertz CT molecular complexity index is 728.